The summed E-state index contributed by atoms with van der Waals surface area (Å²) in [7, 11) is 0. The first-order valence-electron chi connectivity index (χ1n) is 6.16. The Balaban J connectivity index is 2.40. The predicted molar refractivity (Wildman–Crippen MR) is 70.5 cm³/mol. The van der Waals surface area contributed by atoms with E-state index in [1.165, 1.54) is 11.8 Å². The molecule has 0 aromatic heterocycles. The Bertz CT molecular complexity index is 295. The molecule has 0 heterocycles. The standard InChI is InChI=1S/C12H21N3OS/c1-10(7-13)17-8-11(16)15-12(9-14)5-3-2-4-6-12/h10H,2-8,13H2,1H3,(H,15,16). The van der Waals surface area contributed by atoms with Crippen LogP contribution in [0.1, 0.15) is 39.0 Å². The molecule has 96 valence electrons. The van der Waals surface area contributed by atoms with Gasteiger partial charge < -0.3 is 11.1 Å². The highest BCUT2D eigenvalue weighted by Crippen LogP contribution is 2.27. The SMILES string of the molecule is CC(CN)SCC(=O)NC1(C#N)CCCCC1. The van der Waals surface area contributed by atoms with Crippen LogP contribution in [0.3, 0.4) is 0 Å². The average molecular weight is 255 g/mol. The van der Waals surface area contributed by atoms with Crippen molar-refractivity contribution in [2.24, 2.45) is 5.73 Å². The largest absolute Gasteiger partial charge is 0.337 e. The van der Waals surface area contributed by atoms with Gasteiger partial charge in [0.2, 0.25) is 5.91 Å². The lowest BCUT2D eigenvalue weighted by Gasteiger charge is -2.31. The minimum atomic E-state index is -0.609. The number of thioether (sulfide) groups is 1. The molecule has 0 aromatic carbocycles. The number of carbonyl (C=O) groups excluding carboxylic acids is 1. The monoisotopic (exact) mass is 255 g/mol. The van der Waals surface area contributed by atoms with Gasteiger partial charge in [0.05, 0.1) is 11.8 Å². The van der Waals surface area contributed by atoms with Crippen LogP contribution in [0.4, 0.5) is 0 Å². The van der Waals surface area contributed by atoms with Crippen LogP contribution in [-0.2, 0) is 4.79 Å². The number of nitrogens with two attached hydrogens (primary N) is 1. The molecule has 0 radical (unpaired) electrons. The van der Waals surface area contributed by atoms with Gasteiger partial charge in [-0.25, -0.2) is 0 Å². The molecule has 0 aliphatic heterocycles. The normalized spacial score (nSPS) is 20.3. The molecule has 1 aliphatic rings. The van der Waals surface area contributed by atoms with E-state index >= 15 is 0 Å². The van der Waals surface area contributed by atoms with Gasteiger partial charge >= 0.3 is 0 Å². The van der Waals surface area contributed by atoms with Crippen molar-refractivity contribution >= 4 is 17.7 Å². The number of nitrogens with one attached hydrogen (secondary N) is 1. The van der Waals surface area contributed by atoms with E-state index in [0.717, 1.165) is 32.1 Å². The molecule has 1 saturated carbocycles. The predicted octanol–water partition coefficient (Wildman–Crippen LogP) is 1.41. The Morgan fingerprint density at radius 2 is 2.18 bits per heavy atom. The Labute approximate surface area is 107 Å². The highest BCUT2D eigenvalue weighted by atomic mass is 32.2. The molecule has 0 aromatic rings. The third-order valence-corrected chi connectivity index (χ3v) is 4.32. The van der Waals surface area contributed by atoms with Gasteiger partial charge in [-0.2, -0.15) is 5.26 Å². The zero-order chi connectivity index (χ0) is 12.7. The zero-order valence-corrected chi connectivity index (χ0v) is 11.2. The molecule has 0 saturated heterocycles. The highest BCUT2D eigenvalue weighted by Gasteiger charge is 2.33. The van der Waals surface area contributed by atoms with Crippen molar-refractivity contribution in [3.05, 3.63) is 0 Å². The summed E-state index contributed by atoms with van der Waals surface area (Å²) in [5.74, 6) is 0.348. The molecule has 0 spiro atoms. The maximum atomic E-state index is 11.8. The van der Waals surface area contributed by atoms with Crippen molar-refractivity contribution in [2.45, 2.75) is 49.8 Å². The fraction of sp³-hybridized carbons (Fsp3) is 0.833. The second-order valence-electron chi connectivity index (χ2n) is 4.66. The van der Waals surface area contributed by atoms with Gasteiger partial charge in [0, 0.05) is 11.8 Å². The maximum Gasteiger partial charge on any atom is 0.231 e. The van der Waals surface area contributed by atoms with Gasteiger partial charge in [-0.05, 0) is 12.8 Å². The number of hydrogen-bond acceptors (Lipinski definition) is 4. The third kappa shape index (κ3) is 4.57. The Kier molecular flexibility index (Phi) is 5.79. The van der Waals surface area contributed by atoms with Gasteiger partial charge in [0.1, 0.15) is 5.54 Å². The number of rotatable bonds is 5. The minimum absolute atomic E-state index is 0.0428. The van der Waals surface area contributed by atoms with E-state index in [2.05, 4.69) is 11.4 Å². The van der Waals surface area contributed by atoms with Crippen molar-refractivity contribution in [1.29, 1.82) is 5.26 Å². The molecule has 1 amide bonds. The molecule has 17 heavy (non-hydrogen) atoms. The number of carbonyl (C=O) groups is 1. The summed E-state index contributed by atoms with van der Waals surface area (Å²) in [4.78, 5) is 11.8. The minimum Gasteiger partial charge on any atom is -0.337 e. The summed E-state index contributed by atoms with van der Waals surface area (Å²) in [6.07, 6.45) is 4.79. The molecule has 1 fully saturated rings. The van der Waals surface area contributed by atoms with Crippen LogP contribution in [0, 0.1) is 11.3 Å². The zero-order valence-electron chi connectivity index (χ0n) is 10.4. The van der Waals surface area contributed by atoms with Crippen molar-refractivity contribution in [3.63, 3.8) is 0 Å². The van der Waals surface area contributed by atoms with Gasteiger partial charge in [0.25, 0.3) is 0 Å². The van der Waals surface area contributed by atoms with E-state index in [-0.39, 0.29) is 11.2 Å². The molecule has 1 rings (SSSR count). The van der Waals surface area contributed by atoms with Crippen molar-refractivity contribution in [2.75, 3.05) is 12.3 Å². The van der Waals surface area contributed by atoms with E-state index in [0.29, 0.717) is 12.3 Å². The lowest BCUT2D eigenvalue weighted by atomic mass is 9.83. The lowest BCUT2D eigenvalue weighted by Crippen LogP contribution is -2.49. The summed E-state index contributed by atoms with van der Waals surface area (Å²) < 4.78 is 0. The Morgan fingerprint density at radius 3 is 2.71 bits per heavy atom. The Hall–Kier alpha value is -0.730. The van der Waals surface area contributed by atoms with Crippen molar-refractivity contribution < 1.29 is 4.79 Å². The van der Waals surface area contributed by atoms with Gasteiger partial charge in [-0.15, -0.1) is 11.8 Å². The summed E-state index contributed by atoms with van der Waals surface area (Å²) in [5.41, 5.74) is 4.88. The van der Waals surface area contributed by atoms with Crippen molar-refractivity contribution in [1.82, 2.24) is 5.32 Å². The van der Waals surface area contributed by atoms with Crippen LogP contribution >= 0.6 is 11.8 Å². The maximum absolute atomic E-state index is 11.8. The number of nitriles is 1. The molecule has 1 atom stereocenters. The van der Waals surface area contributed by atoms with Crippen molar-refractivity contribution in [3.8, 4) is 6.07 Å². The lowest BCUT2D eigenvalue weighted by molar-refractivity contribution is -0.120. The number of amides is 1. The van der Waals surface area contributed by atoms with E-state index in [9.17, 15) is 10.1 Å². The van der Waals surface area contributed by atoms with Gasteiger partial charge in [-0.3, -0.25) is 4.79 Å². The summed E-state index contributed by atoms with van der Waals surface area (Å²) in [5, 5.41) is 12.4. The molecule has 1 unspecified atom stereocenters. The Morgan fingerprint density at radius 1 is 1.53 bits per heavy atom. The topological polar surface area (TPSA) is 78.9 Å². The van der Waals surface area contributed by atoms with E-state index in [1.54, 1.807) is 0 Å². The first-order valence-corrected chi connectivity index (χ1v) is 7.21. The average Bonchev–Trinajstić information content (AvgIpc) is 2.37. The summed E-state index contributed by atoms with van der Waals surface area (Å²) >= 11 is 1.54. The second kappa shape index (κ2) is 6.87. The van der Waals surface area contributed by atoms with Crippen LogP contribution in [0.5, 0.6) is 0 Å². The second-order valence-corrected chi connectivity index (χ2v) is 6.09. The first-order chi connectivity index (χ1) is 8.12. The molecule has 1 aliphatic carbocycles. The van der Waals surface area contributed by atoms with Crippen LogP contribution in [0.2, 0.25) is 0 Å². The third-order valence-electron chi connectivity index (χ3n) is 3.13. The molecule has 5 heteroatoms. The molecular formula is C12H21N3OS. The van der Waals surface area contributed by atoms with E-state index < -0.39 is 5.54 Å². The van der Waals surface area contributed by atoms with E-state index in [1.807, 2.05) is 6.92 Å². The van der Waals surface area contributed by atoms with Gasteiger partial charge in [0.15, 0.2) is 0 Å². The number of nitrogens with zero attached hydrogens (tertiary/aromatic N) is 1. The first kappa shape index (κ1) is 14.3. The summed E-state index contributed by atoms with van der Waals surface area (Å²) in [6.45, 7) is 2.57. The van der Waals surface area contributed by atoms with Crippen LogP contribution in [-0.4, -0.2) is 29.0 Å². The summed E-state index contributed by atoms with van der Waals surface area (Å²) in [6, 6.07) is 2.28. The fourth-order valence-corrected chi connectivity index (χ4v) is 2.65. The molecule has 4 nitrogen and oxygen atoms in total. The molecular weight excluding hydrogens is 234 g/mol. The quantitative estimate of drug-likeness (QED) is 0.778. The fourth-order valence-electron chi connectivity index (χ4n) is 2.01. The molecule has 0 bridgehead atoms. The van der Waals surface area contributed by atoms with Crippen LogP contribution in [0.25, 0.3) is 0 Å². The highest BCUT2D eigenvalue weighted by molar-refractivity contribution is 8.00. The van der Waals surface area contributed by atoms with E-state index in [4.69, 9.17) is 5.73 Å². The van der Waals surface area contributed by atoms with Gasteiger partial charge in [-0.1, -0.05) is 26.2 Å². The van der Waals surface area contributed by atoms with Crippen LogP contribution in [0.15, 0.2) is 0 Å². The van der Waals surface area contributed by atoms with Crippen LogP contribution < -0.4 is 11.1 Å². The smallest absolute Gasteiger partial charge is 0.231 e. The number of hydrogen-bond donors (Lipinski definition) is 2. The molecule has 3 N–H and O–H groups in total.